The van der Waals surface area contributed by atoms with Gasteiger partial charge in [-0.15, -0.1) is 0 Å². The van der Waals surface area contributed by atoms with E-state index in [9.17, 15) is 10.2 Å². The summed E-state index contributed by atoms with van der Waals surface area (Å²) in [4.78, 5) is 14.4. The van der Waals surface area contributed by atoms with Gasteiger partial charge in [0.25, 0.3) is 0 Å². The van der Waals surface area contributed by atoms with Crippen LogP contribution in [0.15, 0.2) is 48.5 Å². The van der Waals surface area contributed by atoms with Gasteiger partial charge in [-0.1, -0.05) is 70.1 Å². The standard InChI is InChI=1S/C36H45N3O4/c1-6-8-10-12-18-42-27-14-16-29(31(40)22-27)34-37-35(39-36(38-34)33-25(4)20-24(3)21-26(33)5)30-17-15-28(23-32(30)41)43-19-13-11-9-7-2/h14-17,20-23,40-41H,6-13,18-19H2,1-5H3. The minimum atomic E-state index is 0.0163. The van der Waals surface area contributed by atoms with Crippen molar-refractivity contribution in [3.63, 3.8) is 0 Å². The second-order valence-electron chi connectivity index (χ2n) is 11.3. The van der Waals surface area contributed by atoms with Gasteiger partial charge in [-0.05, 0) is 69.0 Å². The molecule has 228 valence electrons. The smallest absolute Gasteiger partial charge is 0.167 e. The predicted octanol–water partition coefficient (Wildman–Crippen LogP) is 9.13. The van der Waals surface area contributed by atoms with Crippen molar-refractivity contribution in [1.82, 2.24) is 15.0 Å². The van der Waals surface area contributed by atoms with E-state index < -0.39 is 0 Å². The number of aromatic hydroxyl groups is 2. The van der Waals surface area contributed by atoms with Crippen molar-refractivity contribution in [1.29, 1.82) is 0 Å². The third-order valence-corrected chi connectivity index (χ3v) is 7.49. The van der Waals surface area contributed by atoms with Crippen LogP contribution in [-0.2, 0) is 0 Å². The van der Waals surface area contributed by atoms with Gasteiger partial charge in [0.1, 0.15) is 23.0 Å². The van der Waals surface area contributed by atoms with Gasteiger partial charge in [0.2, 0.25) is 0 Å². The maximum atomic E-state index is 11.0. The first kappa shape index (κ1) is 31.8. The molecule has 0 fully saturated rings. The number of phenols is 2. The number of aromatic nitrogens is 3. The van der Waals surface area contributed by atoms with Crippen molar-refractivity contribution in [2.75, 3.05) is 13.2 Å². The summed E-state index contributed by atoms with van der Waals surface area (Å²) >= 11 is 0. The molecule has 4 rings (SSSR count). The molecule has 0 aliphatic heterocycles. The van der Waals surface area contributed by atoms with E-state index in [0.29, 0.717) is 53.3 Å². The van der Waals surface area contributed by atoms with Crippen LogP contribution in [0.3, 0.4) is 0 Å². The van der Waals surface area contributed by atoms with E-state index in [1.165, 1.54) is 25.7 Å². The van der Waals surface area contributed by atoms with Gasteiger partial charge in [-0.2, -0.15) is 0 Å². The lowest BCUT2D eigenvalue weighted by Crippen LogP contribution is -2.03. The summed E-state index contributed by atoms with van der Waals surface area (Å²) in [5, 5.41) is 22.1. The molecule has 1 heterocycles. The van der Waals surface area contributed by atoms with E-state index in [2.05, 4.69) is 32.9 Å². The van der Waals surface area contributed by atoms with E-state index in [1.54, 1.807) is 24.3 Å². The zero-order valence-corrected chi connectivity index (χ0v) is 26.2. The second-order valence-corrected chi connectivity index (χ2v) is 11.3. The zero-order chi connectivity index (χ0) is 30.8. The highest BCUT2D eigenvalue weighted by molar-refractivity contribution is 5.74. The summed E-state index contributed by atoms with van der Waals surface area (Å²) in [6.07, 6.45) is 8.88. The van der Waals surface area contributed by atoms with Gasteiger partial charge in [0, 0.05) is 17.7 Å². The molecule has 0 amide bonds. The number of hydrogen-bond acceptors (Lipinski definition) is 7. The fourth-order valence-corrected chi connectivity index (χ4v) is 5.28. The third kappa shape index (κ3) is 8.46. The maximum Gasteiger partial charge on any atom is 0.167 e. The molecule has 0 saturated heterocycles. The van der Waals surface area contributed by atoms with Crippen LogP contribution in [0.25, 0.3) is 34.2 Å². The Hall–Kier alpha value is -4.13. The number of benzene rings is 3. The molecule has 0 atom stereocenters. The van der Waals surface area contributed by atoms with Gasteiger partial charge >= 0.3 is 0 Å². The van der Waals surface area contributed by atoms with Crippen LogP contribution in [0.4, 0.5) is 0 Å². The van der Waals surface area contributed by atoms with E-state index in [1.807, 2.05) is 26.0 Å². The molecule has 43 heavy (non-hydrogen) atoms. The Morgan fingerprint density at radius 1 is 0.558 bits per heavy atom. The van der Waals surface area contributed by atoms with Crippen molar-refractivity contribution < 1.29 is 19.7 Å². The van der Waals surface area contributed by atoms with Crippen LogP contribution in [0.5, 0.6) is 23.0 Å². The van der Waals surface area contributed by atoms with Crippen LogP contribution >= 0.6 is 0 Å². The normalized spacial score (nSPS) is 11.1. The molecule has 0 aliphatic carbocycles. The predicted molar refractivity (Wildman–Crippen MR) is 173 cm³/mol. The number of aryl methyl sites for hydroxylation is 3. The summed E-state index contributed by atoms with van der Waals surface area (Å²) < 4.78 is 11.7. The minimum absolute atomic E-state index is 0.0163. The molecule has 0 saturated carbocycles. The highest BCUT2D eigenvalue weighted by atomic mass is 16.5. The van der Waals surface area contributed by atoms with Crippen molar-refractivity contribution in [3.8, 4) is 57.2 Å². The molecule has 0 unspecified atom stereocenters. The Labute approximate surface area is 256 Å². The van der Waals surface area contributed by atoms with Crippen LogP contribution in [0.2, 0.25) is 0 Å². The summed E-state index contributed by atoms with van der Waals surface area (Å²) in [6.45, 7) is 11.7. The van der Waals surface area contributed by atoms with E-state index >= 15 is 0 Å². The molecular weight excluding hydrogens is 538 g/mol. The molecule has 0 bridgehead atoms. The molecule has 0 radical (unpaired) electrons. The Balaban J connectivity index is 1.70. The third-order valence-electron chi connectivity index (χ3n) is 7.49. The number of phenolic OH excluding ortho intramolecular Hbond substituents is 2. The fourth-order valence-electron chi connectivity index (χ4n) is 5.28. The zero-order valence-electron chi connectivity index (χ0n) is 26.2. The van der Waals surface area contributed by atoms with Gasteiger partial charge < -0.3 is 19.7 Å². The number of unbranched alkanes of at least 4 members (excludes halogenated alkanes) is 6. The monoisotopic (exact) mass is 583 g/mol. The summed E-state index contributed by atoms with van der Waals surface area (Å²) in [7, 11) is 0. The van der Waals surface area contributed by atoms with Crippen LogP contribution in [-0.4, -0.2) is 38.4 Å². The topological polar surface area (TPSA) is 97.6 Å². The van der Waals surface area contributed by atoms with E-state index in [-0.39, 0.29) is 11.5 Å². The fraction of sp³-hybridized carbons (Fsp3) is 0.417. The highest BCUT2D eigenvalue weighted by Gasteiger charge is 2.19. The lowest BCUT2D eigenvalue weighted by Gasteiger charge is -2.14. The maximum absolute atomic E-state index is 11.0. The Kier molecular flexibility index (Phi) is 11.4. The van der Waals surface area contributed by atoms with Gasteiger partial charge in [0.15, 0.2) is 17.5 Å². The number of rotatable bonds is 15. The van der Waals surface area contributed by atoms with E-state index in [0.717, 1.165) is 47.9 Å². The molecule has 4 aromatic rings. The van der Waals surface area contributed by atoms with Crippen LogP contribution in [0.1, 0.15) is 81.9 Å². The SMILES string of the molecule is CCCCCCOc1ccc(-c2nc(-c3ccc(OCCCCCC)cc3O)nc(-c3c(C)cc(C)cc3C)n2)c(O)c1. The number of ether oxygens (including phenoxy) is 2. The summed E-state index contributed by atoms with van der Waals surface area (Å²) in [5.41, 5.74) is 5.03. The van der Waals surface area contributed by atoms with Crippen LogP contribution < -0.4 is 9.47 Å². The average molecular weight is 584 g/mol. The molecule has 0 aliphatic rings. The second kappa shape index (κ2) is 15.4. The average Bonchev–Trinajstić information content (AvgIpc) is 2.96. The first-order chi connectivity index (χ1) is 20.8. The van der Waals surface area contributed by atoms with Gasteiger partial charge in [-0.3, -0.25) is 0 Å². The van der Waals surface area contributed by atoms with Crippen molar-refractivity contribution >= 4 is 0 Å². The molecule has 0 spiro atoms. The largest absolute Gasteiger partial charge is 0.507 e. The summed E-state index contributed by atoms with van der Waals surface area (Å²) in [5.74, 6) is 2.32. The molecule has 7 nitrogen and oxygen atoms in total. The molecular formula is C36H45N3O4. The van der Waals surface area contributed by atoms with Crippen molar-refractivity contribution in [2.45, 2.75) is 86.0 Å². The van der Waals surface area contributed by atoms with Crippen LogP contribution in [0, 0.1) is 20.8 Å². The Bertz CT molecular complexity index is 1410. The first-order valence-corrected chi connectivity index (χ1v) is 15.6. The Morgan fingerprint density at radius 2 is 1.00 bits per heavy atom. The Morgan fingerprint density at radius 3 is 1.42 bits per heavy atom. The van der Waals surface area contributed by atoms with Crippen molar-refractivity contribution in [2.24, 2.45) is 0 Å². The number of hydrogen-bond donors (Lipinski definition) is 2. The van der Waals surface area contributed by atoms with E-state index in [4.69, 9.17) is 24.4 Å². The lowest BCUT2D eigenvalue weighted by atomic mass is 9.99. The molecule has 1 aromatic heterocycles. The molecule has 2 N–H and O–H groups in total. The van der Waals surface area contributed by atoms with Crippen molar-refractivity contribution in [3.05, 3.63) is 65.2 Å². The number of nitrogens with zero attached hydrogens (tertiary/aromatic N) is 3. The van der Waals surface area contributed by atoms with Gasteiger partial charge in [-0.25, -0.2) is 15.0 Å². The summed E-state index contributed by atoms with van der Waals surface area (Å²) in [6, 6.07) is 14.6. The molecule has 7 heteroatoms. The quantitative estimate of drug-likeness (QED) is 0.135. The van der Waals surface area contributed by atoms with Gasteiger partial charge in [0.05, 0.1) is 24.3 Å². The minimum Gasteiger partial charge on any atom is -0.507 e. The first-order valence-electron chi connectivity index (χ1n) is 15.6. The highest BCUT2D eigenvalue weighted by Crippen LogP contribution is 2.36. The lowest BCUT2D eigenvalue weighted by molar-refractivity contribution is 0.303. The molecule has 3 aromatic carbocycles.